The van der Waals surface area contributed by atoms with E-state index in [9.17, 15) is 14.0 Å². The van der Waals surface area contributed by atoms with E-state index in [2.05, 4.69) is 5.32 Å². The van der Waals surface area contributed by atoms with E-state index in [1.54, 1.807) is 17.0 Å². The minimum Gasteiger partial charge on any atom is -0.355 e. The van der Waals surface area contributed by atoms with Crippen molar-refractivity contribution in [2.45, 2.75) is 19.4 Å². The van der Waals surface area contributed by atoms with Crippen LogP contribution in [0.5, 0.6) is 0 Å². The lowest BCUT2D eigenvalue weighted by molar-refractivity contribution is -0.129. The summed E-state index contributed by atoms with van der Waals surface area (Å²) in [4.78, 5) is 26.1. The average molecular weight is 340 g/mol. The number of likely N-dealkylation sites (tertiary alicyclic amines) is 1. The smallest absolute Gasteiger partial charge is 0.225 e. The predicted molar refractivity (Wildman–Crippen MR) is 93.1 cm³/mol. The van der Waals surface area contributed by atoms with Crippen molar-refractivity contribution < 1.29 is 14.0 Å². The second-order valence-corrected chi connectivity index (χ2v) is 6.33. The van der Waals surface area contributed by atoms with Crippen molar-refractivity contribution in [2.75, 3.05) is 13.1 Å². The SMILES string of the molecule is O=C(NCCc1ccccc1)[C@@H]1CC(=O)N(Cc2ccc(F)cc2)C1. The molecule has 1 heterocycles. The summed E-state index contributed by atoms with van der Waals surface area (Å²) in [5.74, 6) is -0.727. The normalized spacial score (nSPS) is 16.9. The number of carbonyl (C=O) groups is 2. The van der Waals surface area contributed by atoms with E-state index < -0.39 is 0 Å². The first-order valence-electron chi connectivity index (χ1n) is 8.45. The first-order valence-corrected chi connectivity index (χ1v) is 8.45. The molecule has 1 saturated heterocycles. The van der Waals surface area contributed by atoms with Crippen molar-refractivity contribution in [3.63, 3.8) is 0 Å². The summed E-state index contributed by atoms with van der Waals surface area (Å²) in [5.41, 5.74) is 2.03. The minimum absolute atomic E-state index is 0.0347. The van der Waals surface area contributed by atoms with E-state index in [4.69, 9.17) is 0 Å². The van der Waals surface area contributed by atoms with Crippen LogP contribution in [0.1, 0.15) is 17.5 Å². The van der Waals surface area contributed by atoms with Gasteiger partial charge in [-0.15, -0.1) is 0 Å². The van der Waals surface area contributed by atoms with Crippen LogP contribution in [0.2, 0.25) is 0 Å². The van der Waals surface area contributed by atoms with Crippen LogP contribution in [-0.2, 0) is 22.6 Å². The van der Waals surface area contributed by atoms with Crippen LogP contribution < -0.4 is 5.32 Å². The fraction of sp³-hybridized carbons (Fsp3) is 0.300. The Morgan fingerprint density at radius 3 is 2.52 bits per heavy atom. The van der Waals surface area contributed by atoms with Crippen LogP contribution in [0.25, 0.3) is 0 Å². The topological polar surface area (TPSA) is 49.4 Å². The van der Waals surface area contributed by atoms with Crippen LogP contribution in [0.3, 0.4) is 0 Å². The van der Waals surface area contributed by atoms with Crippen molar-refractivity contribution in [3.05, 3.63) is 71.5 Å². The van der Waals surface area contributed by atoms with Gasteiger partial charge in [0.05, 0.1) is 5.92 Å². The molecule has 2 aromatic rings. The second kappa shape index (κ2) is 7.92. The van der Waals surface area contributed by atoms with Crippen LogP contribution >= 0.6 is 0 Å². The number of halogens is 1. The van der Waals surface area contributed by atoms with Crippen LogP contribution in [0.15, 0.2) is 54.6 Å². The molecule has 0 radical (unpaired) electrons. The molecule has 2 aromatic carbocycles. The number of amides is 2. The maximum Gasteiger partial charge on any atom is 0.225 e. The molecule has 0 spiro atoms. The molecule has 0 unspecified atom stereocenters. The van der Waals surface area contributed by atoms with Crippen LogP contribution in [0.4, 0.5) is 4.39 Å². The summed E-state index contributed by atoms with van der Waals surface area (Å²) in [6.07, 6.45) is 1.00. The minimum atomic E-state index is -0.316. The third kappa shape index (κ3) is 4.66. The summed E-state index contributed by atoms with van der Waals surface area (Å²) < 4.78 is 13.0. The molecule has 3 rings (SSSR count). The monoisotopic (exact) mass is 340 g/mol. The second-order valence-electron chi connectivity index (χ2n) is 6.33. The molecule has 0 bridgehead atoms. The number of carbonyl (C=O) groups excluding carboxylic acids is 2. The Morgan fingerprint density at radius 1 is 1.08 bits per heavy atom. The fourth-order valence-corrected chi connectivity index (χ4v) is 3.03. The van der Waals surface area contributed by atoms with Crippen molar-refractivity contribution in [2.24, 2.45) is 5.92 Å². The van der Waals surface area contributed by atoms with Gasteiger partial charge in [-0.25, -0.2) is 4.39 Å². The van der Waals surface area contributed by atoms with E-state index in [0.717, 1.165) is 12.0 Å². The highest BCUT2D eigenvalue weighted by Crippen LogP contribution is 2.20. The average Bonchev–Trinajstić information content (AvgIpc) is 2.99. The Bertz CT molecular complexity index is 731. The van der Waals surface area contributed by atoms with Gasteiger partial charge in [0.15, 0.2) is 0 Å². The molecule has 0 aromatic heterocycles. The van der Waals surface area contributed by atoms with Gasteiger partial charge in [0, 0.05) is 26.1 Å². The van der Waals surface area contributed by atoms with Crippen molar-refractivity contribution in [1.82, 2.24) is 10.2 Å². The Balaban J connectivity index is 1.47. The standard InChI is InChI=1S/C20H21FN2O2/c21-18-8-6-16(7-9-18)13-23-14-17(12-19(23)24)20(25)22-11-10-15-4-2-1-3-5-15/h1-9,17H,10-14H2,(H,22,25)/t17-/m1/s1. The number of rotatable bonds is 6. The van der Waals surface area contributed by atoms with E-state index in [-0.39, 0.29) is 30.0 Å². The molecule has 25 heavy (non-hydrogen) atoms. The number of hydrogen-bond donors (Lipinski definition) is 1. The zero-order chi connectivity index (χ0) is 17.6. The molecule has 1 N–H and O–H groups in total. The van der Waals surface area contributed by atoms with Gasteiger partial charge in [-0.1, -0.05) is 42.5 Å². The largest absolute Gasteiger partial charge is 0.355 e. The molecule has 5 heteroatoms. The Kier molecular flexibility index (Phi) is 5.43. The van der Waals surface area contributed by atoms with Crippen molar-refractivity contribution >= 4 is 11.8 Å². The molecule has 1 fully saturated rings. The zero-order valence-electron chi connectivity index (χ0n) is 14.0. The zero-order valence-corrected chi connectivity index (χ0v) is 14.0. The lowest BCUT2D eigenvalue weighted by Gasteiger charge is -2.16. The highest BCUT2D eigenvalue weighted by molar-refractivity contribution is 5.89. The third-order valence-electron chi connectivity index (χ3n) is 4.43. The summed E-state index contributed by atoms with van der Waals surface area (Å²) >= 11 is 0. The Hall–Kier alpha value is -2.69. The molecule has 1 aliphatic rings. The predicted octanol–water partition coefficient (Wildman–Crippen LogP) is 2.53. The van der Waals surface area contributed by atoms with Gasteiger partial charge < -0.3 is 10.2 Å². The lowest BCUT2D eigenvalue weighted by Crippen LogP contribution is -2.34. The maximum absolute atomic E-state index is 13.0. The van der Waals surface area contributed by atoms with E-state index in [1.807, 2.05) is 30.3 Å². The Morgan fingerprint density at radius 2 is 1.80 bits per heavy atom. The number of nitrogens with zero attached hydrogens (tertiary/aromatic N) is 1. The molecule has 2 amide bonds. The maximum atomic E-state index is 13.0. The molecular formula is C20H21FN2O2. The van der Waals surface area contributed by atoms with Gasteiger partial charge in [-0.3, -0.25) is 9.59 Å². The van der Waals surface area contributed by atoms with Crippen molar-refractivity contribution in [3.8, 4) is 0 Å². The van der Waals surface area contributed by atoms with Crippen LogP contribution in [0, 0.1) is 11.7 Å². The van der Waals surface area contributed by atoms with E-state index in [1.165, 1.54) is 17.7 Å². The molecular weight excluding hydrogens is 319 g/mol. The number of nitrogens with one attached hydrogen (secondary N) is 1. The molecule has 130 valence electrons. The molecule has 0 aliphatic carbocycles. The first-order chi connectivity index (χ1) is 12.1. The van der Waals surface area contributed by atoms with Gasteiger partial charge in [-0.05, 0) is 29.7 Å². The van der Waals surface area contributed by atoms with Gasteiger partial charge in [-0.2, -0.15) is 0 Å². The van der Waals surface area contributed by atoms with Crippen molar-refractivity contribution in [1.29, 1.82) is 0 Å². The highest BCUT2D eigenvalue weighted by Gasteiger charge is 2.33. The molecule has 1 atom stereocenters. The molecule has 0 saturated carbocycles. The first kappa shape index (κ1) is 17.1. The van der Waals surface area contributed by atoms with Gasteiger partial charge in [0.2, 0.25) is 11.8 Å². The van der Waals surface area contributed by atoms with Gasteiger partial charge >= 0.3 is 0 Å². The summed E-state index contributed by atoms with van der Waals surface area (Å²) in [7, 11) is 0. The summed E-state index contributed by atoms with van der Waals surface area (Å²) in [6.45, 7) is 1.38. The summed E-state index contributed by atoms with van der Waals surface area (Å²) in [5, 5.41) is 2.92. The quantitative estimate of drug-likeness (QED) is 0.878. The Labute approximate surface area is 146 Å². The number of benzene rings is 2. The highest BCUT2D eigenvalue weighted by atomic mass is 19.1. The lowest BCUT2D eigenvalue weighted by atomic mass is 10.1. The van der Waals surface area contributed by atoms with Crippen LogP contribution in [-0.4, -0.2) is 29.8 Å². The summed E-state index contributed by atoms with van der Waals surface area (Å²) in [6, 6.07) is 16.0. The van der Waals surface area contributed by atoms with E-state index in [0.29, 0.717) is 19.6 Å². The third-order valence-corrected chi connectivity index (χ3v) is 4.43. The van der Waals surface area contributed by atoms with Gasteiger partial charge in [0.25, 0.3) is 0 Å². The van der Waals surface area contributed by atoms with Gasteiger partial charge in [0.1, 0.15) is 5.82 Å². The number of hydrogen-bond acceptors (Lipinski definition) is 2. The molecule has 4 nitrogen and oxygen atoms in total. The fourth-order valence-electron chi connectivity index (χ4n) is 3.03. The van der Waals surface area contributed by atoms with E-state index >= 15 is 0 Å². The molecule has 1 aliphatic heterocycles.